The molecular formula is C16H31N. The second-order valence-corrected chi connectivity index (χ2v) is 6.92. The van der Waals surface area contributed by atoms with Crippen LogP contribution in [0.4, 0.5) is 0 Å². The Bertz CT molecular complexity index is 226. The summed E-state index contributed by atoms with van der Waals surface area (Å²) in [5.74, 6) is 3.73. The van der Waals surface area contributed by atoms with E-state index >= 15 is 0 Å². The molecule has 100 valence electrons. The maximum atomic E-state index is 3.89. The lowest BCUT2D eigenvalue weighted by molar-refractivity contribution is 0.188. The number of rotatable bonds is 3. The van der Waals surface area contributed by atoms with Crippen molar-refractivity contribution in [3.63, 3.8) is 0 Å². The molecule has 2 aliphatic carbocycles. The van der Waals surface area contributed by atoms with Gasteiger partial charge in [-0.05, 0) is 49.5 Å². The third-order valence-corrected chi connectivity index (χ3v) is 5.42. The van der Waals surface area contributed by atoms with Gasteiger partial charge in [0.25, 0.3) is 0 Å². The SMILES string of the molecule is CC1CCCC(CNC2CCCC(C)C2C)C1. The Hall–Kier alpha value is -0.0400. The summed E-state index contributed by atoms with van der Waals surface area (Å²) in [7, 11) is 0. The van der Waals surface area contributed by atoms with Crippen LogP contribution in [0.25, 0.3) is 0 Å². The van der Waals surface area contributed by atoms with E-state index in [2.05, 4.69) is 26.1 Å². The average molecular weight is 237 g/mol. The van der Waals surface area contributed by atoms with E-state index in [1.54, 1.807) is 0 Å². The zero-order chi connectivity index (χ0) is 12.3. The molecule has 2 fully saturated rings. The van der Waals surface area contributed by atoms with Gasteiger partial charge in [-0.25, -0.2) is 0 Å². The molecule has 1 heteroatoms. The summed E-state index contributed by atoms with van der Waals surface area (Å²) < 4.78 is 0. The van der Waals surface area contributed by atoms with Gasteiger partial charge in [-0.15, -0.1) is 0 Å². The highest BCUT2D eigenvalue weighted by atomic mass is 14.9. The fraction of sp³-hybridized carbons (Fsp3) is 1.00. The zero-order valence-electron chi connectivity index (χ0n) is 12.0. The van der Waals surface area contributed by atoms with Gasteiger partial charge in [0.2, 0.25) is 0 Å². The minimum absolute atomic E-state index is 0.802. The summed E-state index contributed by atoms with van der Waals surface area (Å²) >= 11 is 0. The second kappa shape index (κ2) is 6.22. The van der Waals surface area contributed by atoms with Crippen LogP contribution >= 0.6 is 0 Å². The highest BCUT2D eigenvalue weighted by Crippen LogP contribution is 2.31. The van der Waals surface area contributed by atoms with Crippen LogP contribution in [-0.4, -0.2) is 12.6 Å². The quantitative estimate of drug-likeness (QED) is 0.774. The van der Waals surface area contributed by atoms with Gasteiger partial charge in [0.15, 0.2) is 0 Å². The molecule has 17 heavy (non-hydrogen) atoms. The molecule has 2 rings (SSSR count). The molecule has 2 saturated carbocycles. The third kappa shape index (κ3) is 3.71. The average Bonchev–Trinajstić information content (AvgIpc) is 2.31. The fourth-order valence-corrected chi connectivity index (χ4v) is 3.93. The molecule has 0 spiro atoms. The van der Waals surface area contributed by atoms with Crippen LogP contribution in [0.15, 0.2) is 0 Å². The van der Waals surface area contributed by atoms with E-state index in [0.29, 0.717) is 0 Å². The number of nitrogens with one attached hydrogen (secondary N) is 1. The first-order chi connectivity index (χ1) is 8.16. The Morgan fingerprint density at radius 1 is 0.941 bits per heavy atom. The van der Waals surface area contributed by atoms with Crippen LogP contribution in [0.1, 0.15) is 65.7 Å². The van der Waals surface area contributed by atoms with Crippen molar-refractivity contribution in [3.8, 4) is 0 Å². The van der Waals surface area contributed by atoms with Crippen LogP contribution < -0.4 is 5.32 Å². The van der Waals surface area contributed by atoms with Crippen LogP contribution in [0.5, 0.6) is 0 Å². The lowest BCUT2D eigenvalue weighted by atomic mass is 9.77. The molecule has 0 amide bonds. The highest BCUT2D eigenvalue weighted by Gasteiger charge is 2.27. The summed E-state index contributed by atoms with van der Waals surface area (Å²) in [4.78, 5) is 0. The molecule has 1 N–H and O–H groups in total. The van der Waals surface area contributed by atoms with Crippen molar-refractivity contribution in [3.05, 3.63) is 0 Å². The van der Waals surface area contributed by atoms with E-state index in [0.717, 1.165) is 29.7 Å². The van der Waals surface area contributed by atoms with E-state index in [9.17, 15) is 0 Å². The van der Waals surface area contributed by atoms with Crippen LogP contribution in [-0.2, 0) is 0 Å². The van der Waals surface area contributed by atoms with E-state index in [4.69, 9.17) is 0 Å². The minimum atomic E-state index is 0.802. The summed E-state index contributed by atoms with van der Waals surface area (Å²) in [6.07, 6.45) is 10.1. The molecule has 0 saturated heterocycles. The lowest BCUT2D eigenvalue weighted by Gasteiger charge is -2.36. The van der Waals surface area contributed by atoms with Crippen molar-refractivity contribution in [2.75, 3.05) is 6.54 Å². The predicted molar refractivity (Wildman–Crippen MR) is 75.1 cm³/mol. The van der Waals surface area contributed by atoms with E-state index in [1.165, 1.54) is 51.5 Å². The molecule has 0 bridgehead atoms. The van der Waals surface area contributed by atoms with Crippen LogP contribution in [0.3, 0.4) is 0 Å². The molecular weight excluding hydrogens is 206 g/mol. The zero-order valence-corrected chi connectivity index (χ0v) is 12.0. The summed E-state index contributed by atoms with van der Waals surface area (Å²) in [6.45, 7) is 8.59. The fourth-order valence-electron chi connectivity index (χ4n) is 3.93. The Kier molecular flexibility index (Phi) is 4.90. The Morgan fingerprint density at radius 2 is 1.71 bits per heavy atom. The maximum absolute atomic E-state index is 3.89. The maximum Gasteiger partial charge on any atom is 0.00953 e. The lowest BCUT2D eigenvalue weighted by Crippen LogP contribution is -2.43. The Morgan fingerprint density at radius 3 is 2.47 bits per heavy atom. The van der Waals surface area contributed by atoms with Crippen LogP contribution in [0.2, 0.25) is 0 Å². The Balaban J connectivity index is 1.73. The van der Waals surface area contributed by atoms with Crippen molar-refractivity contribution in [2.24, 2.45) is 23.7 Å². The van der Waals surface area contributed by atoms with E-state index in [1.807, 2.05) is 0 Å². The monoisotopic (exact) mass is 237 g/mol. The smallest absolute Gasteiger partial charge is 0.00953 e. The van der Waals surface area contributed by atoms with E-state index in [-0.39, 0.29) is 0 Å². The molecule has 0 aromatic rings. The second-order valence-electron chi connectivity index (χ2n) is 6.92. The first kappa shape index (κ1) is 13.4. The van der Waals surface area contributed by atoms with Gasteiger partial charge >= 0.3 is 0 Å². The van der Waals surface area contributed by atoms with Gasteiger partial charge in [0.05, 0.1) is 0 Å². The molecule has 0 aromatic carbocycles. The summed E-state index contributed by atoms with van der Waals surface area (Å²) in [5, 5.41) is 3.89. The van der Waals surface area contributed by atoms with E-state index < -0.39 is 0 Å². The van der Waals surface area contributed by atoms with Crippen molar-refractivity contribution in [2.45, 2.75) is 71.8 Å². The highest BCUT2D eigenvalue weighted by molar-refractivity contribution is 4.83. The molecule has 0 radical (unpaired) electrons. The first-order valence-corrected chi connectivity index (χ1v) is 7.90. The number of hydrogen-bond donors (Lipinski definition) is 1. The van der Waals surface area contributed by atoms with Crippen molar-refractivity contribution in [1.29, 1.82) is 0 Å². The molecule has 5 unspecified atom stereocenters. The molecule has 0 aliphatic heterocycles. The molecule has 5 atom stereocenters. The third-order valence-electron chi connectivity index (χ3n) is 5.42. The topological polar surface area (TPSA) is 12.0 Å². The largest absolute Gasteiger partial charge is 0.313 e. The summed E-state index contributed by atoms with van der Waals surface area (Å²) in [6, 6.07) is 0.802. The van der Waals surface area contributed by atoms with Gasteiger partial charge in [0.1, 0.15) is 0 Å². The number of hydrogen-bond acceptors (Lipinski definition) is 1. The molecule has 0 heterocycles. The van der Waals surface area contributed by atoms with Gasteiger partial charge in [0, 0.05) is 6.04 Å². The van der Waals surface area contributed by atoms with Gasteiger partial charge < -0.3 is 5.32 Å². The molecule has 2 aliphatic rings. The van der Waals surface area contributed by atoms with Crippen LogP contribution in [0, 0.1) is 23.7 Å². The normalized spacial score (nSPS) is 43.6. The standard InChI is InChI=1S/C16H31N/c1-12-6-4-8-15(10-12)11-17-16-9-5-7-13(2)14(16)3/h12-17H,4-11H2,1-3H3. The van der Waals surface area contributed by atoms with Gasteiger partial charge in [-0.3, -0.25) is 0 Å². The van der Waals surface area contributed by atoms with Crippen molar-refractivity contribution < 1.29 is 0 Å². The van der Waals surface area contributed by atoms with Crippen molar-refractivity contribution in [1.82, 2.24) is 5.32 Å². The predicted octanol–water partition coefficient (Wildman–Crippen LogP) is 4.23. The minimum Gasteiger partial charge on any atom is -0.313 e. The van der Waals surface area contributed by atoms with Gasteiger partial charge in [-0.1, -0.05) is 46.5 Å². The van der Waals surface area contributed by atoms with Gasteiger partial charge in [-0.2, -0.15) is 0 Å². The Labute approximate surface area is 108 Å². The molecule has 0 aromatic heterocycles. The van der Waals surface area contributed by atoms with Crippen molar-refractivity contribution >= 4 is 0 Å². The molecule has 1 nitrogen and oxygen atoms in total. The summed E-state index contributed by atoms with van der Waals surface area (Å²) in [5.41, 5.74) is 0. The first-order valence-electron chi connectivity index (χ1n) is 7.90.